The maximum atomic E-state index is 11.6. The zero-order valence-electron chi connectivity index (χ0n) is 21.1. The van der Waals surface area contributed by atoms with Crippen LogP contribution in [0.25, 0.3) is 22.5 Å². The minimum Gasteiger partial charge on any atom is -0.481 e. The van der Waals surface area contributed by atoms with Crippen LogP contribution in [0.1, 0.15) is 48.9 Å². The highest BCUT2D eigenvalue weighted by molar-refractivity contribution is 5.85. The molecule has 5 heteroatoms. The van der Waals surface area contributed by atoms with Gasteiger partial charge in [-0.3, -0.25) is 4.79 Å². The fourth-order valence-electron chi connectivity index (χ4n) is 5.00. The smallest absolute Gasteiger partial charge is 0.314 e. The van der Waals surface area contributed by atoms with Gasteiger partial charge in [0.15, 0.2) is 5.76 Å². The molecule has 0 spiro atoms. The molecule has 0 amide bonds. The molecule has 0 bridgehead atoms. The highest BCUT2D eigenvalue weighted by Gasteiger charge is 2.51. The topological polar surface area (TPSA) is 66.6 Å². The predicted octanol–water partition coefficient (Wildman–Crippen LogP) is 7.06. The zero-order chi connectivity index (χ0) is 25.3. The summed E-state index contributed by atoms with van der Waals surface area (Å²) in [6, 6.07) is 26.8. The summed E-state index contributed by atoms with van der Waals surface area (Å²) in [4.78, 5) is 13.8. The Labute approximate surface area is 212 Å². The minimum atomic E-state index is -0.725. The van der Waals surface area contributed by atoms with E-state index in [1.54, 1.807) is 0 Å². The van der Waals surface area contributed by atoms with Crippen molar-refractivity contribution in [3.05, 3.63) is 95.7 Å². The molecule has 4 aromatic rings. The van der Waals surface area contributed by atoms with E-state index in [4.69, 9.17) is 4.52 Å². The predicted molar refractivity (Wildman–Crippen MR) is 143 cm³/mol. The first-order valence-electron chi connectivity index (χ1n) is 12.6. The van der Waals surface area contributed by atoms with Crippen LogP contribution < -0.4 is 4.90 Å². The van der Waals surface area contributed by atoms with E-state index in [0.29, 0.717) is 5.92 Å². The third kappa shape index (κ3) is 4.53. The van der Waals surface area contributed by atoms with Crippen LogP contribution in [-0.2, 0) is 10.2 Å². The van der Waals surface area contributed by atoms with E-state index in [1.807, 2.05) is 31.2 Å². The maximum Gasteiger partial charge on any atom is 0.314 e. The number of aryl methyl sites for hydroxylation is 1. The van der Waals surface area contributed by atoms with Crippen molar-refractivity contribution in [2.75, 3.05) is 18.5 Å². The number of benzene rings is 3. The van der Waals surface area contributed by atoms with Gasteiger partial charge in [-0.2, -0.15) is 0 Å². The summed E-state index contributed by atoms with van der Waals surface area (Å²) in [5.41, 5.74) is 6.60. The van der Waals surface area contributed by atoms with Crippen molar-refractivity contribution < 1.29 is 14.4 Å². The number of nitrogens with zero attached hydrogens (tertiary/aromatic N) is 2. The molecular weight excluding hydrogens is 448 g/mol. The van der Waals surface area contributed by atoms with Crippen LogP contribution in [0.5, 0.6) is 0 Å². The van der Waals surface area contributed by atoms with Gasteiger partial charge in [0.1, 0.15) is 11.4 Å². The van der Waals surface area contributed by atoms with E-state index in [2.05, 4.69) is 78.6 Å². The summed E-state index contributed by atoms with van der Waals surface area (Å²) in [6.07, 6.45) is 2.46. The van der Waals surface area contributed by atoms with E-state index in [9.17, 15) is 9.90 Å². The Hall–Kier alpha value is -3.86. The number of aromatic nitrogens is 1. The SMILES string of the molecule is Cc1noc(-c2ccc(-c3ccc(C4(C(=O)O)CC4)cc3)cc2)c1N(C)CCC(C)c1ccccc1. The number of hydrogen-bond acceptors (Lipinski definition) is 4. The van der Waals surface area contributed by atoms with Gasteiger partial charge >= 0.3 is 5.97 Å². The molecule has 5 rings (SSSR count). The van der Waals surface area contributed by atoms with Crippen LogP contribution in [0.15, 0.2) is 83.4 Å². The van der Waals surface area contributed by atoms with Crippen molar-refractivity contribution in [3.63, 3.8) is 0 Å². The standard InChI is InChI=1S/C31H32N2O3/c1-21(23-7-5-4-6-8-23)17-20-33(3)28-22(2)32-36-29(28)26-11-9-24(10-12-26)25-13-15-27(16-14-25)31(18-19-31)30(34)35/h4-16,21H,17-20H2,1-3H3,(H,34,35). The number of aliphatic carboxylic acids is 1. The van der Waals surface area contributed by atoms with E-state index < -0.39 is 11.4 Å². The van der Waals surface area contributed by atoms with Crippen molar-refractivity contribution >= 4 is 11.7 Å². The second-order valence-electron chi connectivity index (χ2n) is 10.0. The van der Waals surface area contributed by atoms with Crippen LogP contribution in [0.3, 0.4) is 0 Å². The van der Waals surface area contributed by atoms with Crippen molar-refractivity contribution in [2.45, 2.75) is 44.4 Å². The van der Waals surface area contributed by atoms with Gasteiger partial charge in [0.05, 0.1) is 5.41 Å². The van der Waals surface area contributed by atoms with Gasteiger partial charge in [0.25, 0.3) is 0 Å². The molecule has 5 nitrogen and oxygen atoms in total. The van der Waals surface area contributed by atoms with E-state index in [0.717, 1.165) is 65.2 Å². The fraction of sp³-hybridized carbons (Fsp3) is 0.290. The summed E-state index contributed by atoms with van der Waals surface area (Å²) in [7, 11) is 2.10. The zero-order valence-corrected chi connectivity index (χ0v) is 21.1. The quantitative estimate of drug-likeness (QED) is 0.278. The summed E-state index contributed by atoms with van der Waals surface area (Å²) < 4.78 is 5.77. The van der Waals surface area contributed by atoms with Crippen molar-refractivity contribution in [1.29, 1.82) is 0 Å². The number of carbonyl (C=O) groups is 1. The van der Waals surface area contributed by atoms with E-state index in [-0.39, 0.29) is 0 Å². The molecule has 0 radical (unpaired) electrons. The molecule has 1 fully saturated rings. The molecule has 1 N–H and O–H groups in total. The summed E-state index contributed by atoms with van der Waals surface area (Å²) in [5.74, 6) is 0.520. The Morgan fingerprint density at radius 1 is 0.972 bits per heavy atom. The molecule has 0 aliphatic heterocycles. The average molecular weight is 481 g/mol. The fourth-order valence-corrected chi connectivity index (χ4v) is 5.00. The molecule has 1 aliphatic carbocycles. The molecule has 1 saturated carbocycles. The Balaban J connectivity index is 1.30. The highest BCUT2D eigenvalue weighted by Crippen LogP contribution is 2.48. The van der Waals surface area contributed by atoms with Gasteiger partial charge in [-0.1, -0.05) is 90.9 Å². The molecule has 1 aliphatic rings. The molecule has 184 valence electrons. The lowest BCUT2D eigenvalue weighted by Gasteiger charge is -2.22. The molecule has 0 saturated heterocycles. The monoisotopic (exact) mass is 480 g/mol. The molecule has 1 atom stereocenters. The van der Waals surface area contributed by atoms with Gasteiger partial charge < -0.3 is 14.5 Å². The number of carboxylic acids is 1. The summed E-state index contributed by atoms with van der Waals surface area (Å²) in [6.45, 7) is 5.15. The third-order valence-corrected chi connectivity index (χ3v) is 7.56. The van der Waals surface area contributed by atoms with Crippen LogP contribution in [0.2, 0.25) is 0 Å². The molecular formula is C31H32N2O3. The highest BCUT2D eigenvalue weighted by atomic mass is 16.5. The maximum absolute atomic E-state index is 11.6. The van der Waals surface area contributed by atoms with Crippen LogP contribution in [0, 0.1) is 6.92 Å². The molecule has 1 unspecified atom stereocenters. The lowest BCUT2D eigenvalue weighted by Crippen LogP contribution is -2.21. The summed E-state index contributed by atoms with van der Waals surface area (Å²) >= 11 is 0. The van der Waals surface area contributed by atoms with Gasteiger partial charge in [0, 0.05) is 19.2 Å². The lowest BCUT2D eigenvalue weighted by atomic mass is 9.93. The Bertz CT molecular complexity index is 1340. The van der Waals surface area contributed by atoms with Gasteiger partial charge in [-0.05, 0) is 54.4 Å². The second-order valence-corrected chi connectivity index (χ2v) is 10.0. The Morgan fingerprint density at radius 3 is 2.14 bits per heavy atom. The normalized spacial score (nSPS) is 14.9. The van der Waals surface area contributed by atoms with Crippen molar-refractivity contribution in [1.82, 2.24) is 5.16 Å². The van der Waals surface area contributed by atoms with Crippen molar-refractivity contribution in [2.24, 2.45) is 0 Å². The van der Waals surface area contributed by atoms with Gasteiger partial charge in [0.2, 0.25) is 0 Å². The van der Waals surface area contributed by atoms with E-state index >= 15 is 0 Å². The van der Waals surface area contributed by atoms with Crippen LogP contribution >= 0.6 is 0 Å². The first-order chi connectivity index (χ1) is 17.4. The largest absolute Gasteiger partial charge is 0.481 e. The molecule has 3 aromatic carbocycles. The molecule has 1 aromatic heterocycles. The Kier molecular flexibility index (Phi) is 6.40. The lowest BCUT2D eigenvalue weighted by molar-refractivity contribution is -0.140. The van der Waals surface area contributed by atoms with Crippen LogP contribution in [-0.4, -0.2) is 29.8 Å². The molecule has 36 heavy (non-hydrogen) atoms. The first-order valence-corrected chi connectivity index (χ1v) is 12.6. The van der Waals surface area contributed by atoms with Gasteiger partial charge in [-0.25, -0.2) is 0 Å². The second kappa shape index (κ2) is 9.65. The number of rotatable bonds is 9. The number of hydrogen-bond donors (Lipinski definition) is 1. The van der Waals surface area contributed by atoms with Crippen molar-refractivity contribution in [3.8, 4) is 22.5 Å². The third-order valence-electron chi connectivity index (χ3n) is 7.56. The Morgan fingerprint density at radius 2 is 1.56 bits per heavy atom. The van der Waals surface area contributed by atoms with E-state index in [1.165, 1.54) is 5.56 Å². The average Bonchev–Trinajstić information content (AvgIpc) is 3.64. The first kappa shape index (κ1) is 23.9. The minimum absolute atomic E-state index is 0.466. The van der Waals surface area contributed by atoms with Gasteiger partial charge in [-0.15, -0.1) is 0 Å². The molecule has 1 heterocycles. The summed E-state index contributed by atoms with van der Waals surface area (Å²) in [5, 5.41) is 13.8. The number of anilines is 1. The number of carboxylic acid groups (broad SMARTS) is 1. The van der Waals surface area contributed by atoms with Crippen LogP contribution in [0.4, 0.5) is 5.69 Å².